The highest BCUT2D eigenvalue weighted by atomic mass is 16.2. The van der Waals surface area contributed by atoms with E-state index < -0.39 is 0 Å². The monoisotopic (exact) mass is 327 g/mol. The Morgan fingerprint density at radius 3 is 2.67 bits per heavy atom. The van der Waals surface area contributed by atoms with Gasteiger partial charge in [0.15, 0.2) is 0 Å². The highest BCUT2D eigenvalue weighted by molar-refractivity contribution is 5.97. The Morgan fingerprint density at radius 1 is 1.42 bits per heavy atom. The zero-order valence-corrected chi connectivity index (χ0v) is 15.6. The Morgan fingerprint density at radius 2 is 2.12 bits per heavy atom. The quantitative estimate of drug-likeness (QED) is 0.724. The van der Waals surface area contributed by atoms with E-state index in [0.717, 1.165) is 47.5 Å². The van der Waals surface area contributed by atoms with Crippen LogP contribution in [0.5, 0.6) is 0 Å². The van der Waals surface area contributed by atoms with Crippen molar-refractivity contribution in [3.05, 3.63) is 53.0 Å². The van der Waals surface area contributed by atoms with Crippen molar-refractivity contribution in [1.82, 2.24) is 14.7 Å². The largest absolute Gasteiger partial charge is 0.306 e. The molecule has 0 spiro atoms. The number of nitrogens with zero attached hydrogens (tertiary/aromatic N) is 3. The molecular weight excluding hydrogens is 298 g/mol. The maximum Gasteiger partial charge on any atom is 0.276 e. The SMILES string of the molecule is C=C/C(=C(C)\C=C/C)N1CCc2c(CC)nn(C(C)CC)c2C1=O. The number of carbonyl (C=O) groups is 1. The second-order valence-electron chi connectivity index (χ2n) is 6.31. The molecule has 1 atom stereocenters. The van der Waals surface area contributed by atoms with Crippen LogP contribution in [0.1, 0.15) is 68.8 Å². The van der Waals surface area contributed by atoms with Gasteiger partial charge in [-0.25, -0.2) is 0 Å². The Labute approximate surface area is 145 Å². The van der Waals surface area contributed by atoms with E-state index in [2.05, 4.69) is 27.4 Å². The second-order valence-corrected chi connectivity index (χ2v) is 6.31. The van der Waals surface area contributed by atoms with Crippen LogP contribution in [0.25, 0.3) is 0 Å². The first-order valence-corrected chi connectivity index (χ1v) is 8.88. The summed E-state index contributed by atoms with van der Waals surface area (Å²) in [5.74, 6) is 0.0440. The highest BCUT2D eigenvalue weighted by Crippen LogP contribution is 2.29. The molecular formula is C20H29N3O. The lowest BCUT2D eigenvalue weighted by Crippen LogP contribution is -2.38. The summed E-state index contributed by atoms with van der Waals surface area (Å²) in [7, 11) is 0. The van der Waals surface area contributed by atoms with Crippen molar-refractivity contribution in [2.24, 2.45) is 0 Å². The van der Waals surface area contributed by atoms with Crippen molar-refractivity contribution in [1.29, 1.82) is 0 Å². The first-order valence-electron chi connectivity index (χ1n) is 8.88. The van der Waals surface area contributed by atoms with E-state index in [1.165, 1.54) is 0 Å². The van der Waals surface area contributed by atoms with Gasteiger partial charge < -0.3 is 4.90 Å². The van der Waals surface area contributed by atoms with Gasteiger partial charge in [0.2, 0.25) is 0 Å². The van der Waals surface area contributed by atoms with E-state index in [0.29, 0.717) is 6.54 Å². The Bertz CT molecular complexity index is 694. The number of aromatic nitrogens is 2. The summed E-state index contributed by atoms with van der Waals surface area (Å²) >= 11 is 0. The summed E-state index contributed by atoms with van der Waals surface area (Å²) in [5, 5.41) is 4.75. The van der Waals surface area contributed by atoms with Crippen LogP contribution in [0.3, 0.4) is 0 Å². The van der Waals surface area contributed by atoms with Crippen molar-refractivity contribution >= 4 is 5.91 Å². The molecule has 0 saturated carbocycles. The van der Waals surface area contributed by atoms with Crippen molar-refractivity contribution in [3.8, 4) is 0 Å². The summed E-state index contributed by atoms with van der Waals surface area (Å²) in [5.41, 5.74) is 4.90. The number of fused-ring (bicyclic) bond motifs is 1. The standard InChI is InChI=1S/C20H29N3O/c1-7-11-14(5)18(10-4)22-13-12-16-17(9-3)21-23(15(6)8-2)19(16)20(22)24/h7,10-11,15H,4,8-9,12-13H2,1-3,5-6H3/b11-7-,18-14+. The molecule has 24 heavy (non-hydrogen) atoms. The smallest absolute Gasteiger partial charge is 0.276 e. The zero-order valence-electron chi connectivity index (χ0n) is 15.6. The Balaban J connectivity index is 2.55. The average molecular weight is 327 g/mol. The number of rotatable bonds is 6. The van der Waals surface area contributed by atoms with E-state index in [-0.39, 0.29) is 11.9 Å². The zero-order chi connectivity index (χ0) is 17.9. The fourth-order valence-electron chi connectivity index (χ4n) is 3.28. The lowest BCUT2D eigenvalue weighted by Gasteiger charge is -2.30. The number of aryl methyl sites for hydroxylation is 1. The molecule has 1 unspecified atom stereocenters. The molecule has 0 radical (unpaired) electrons. The van der Waals surface area contributed by atoms with E-state index >= 15 is 0 Å². The molecule has 0 fully saturated rings. The van der Waals surface area contributed by atoms with Crippen LogP contribution < -0.4 is 0 Å². The number of allylic oxidation sites excluding steroid dienone is 4. The average Bonchev–Trinajstić information content (AvgIpc) is 2.96. The molecule has 0 aromatic carbocycles. The molecule has 0 saturated heterocycles. The predicted octanol–water partition coefficient (Wildman–Crippen LogP) is 4.45. The fourth-order valence-corrected chi connectivity index (χ4v) is 3.28. The molecule has 1 aromatic rings. The van der Waals surface area contributed by atoms with Gasteiger partial charge >= 0.3 is 0 Å². The van der Waals surface area contributed by atoms with Gasteiger partial charge in [-0.05, 0) is 51.7 Å². The number of hydrogen-bond donors (Lipinski definition) is 0. The summed E-state index contributed by atoms with van der Waals surface area (Å²) in [6.07, 6.45) is 8.44. The molecule has 0 N–H and O–H groups in total. The summed E-state index contributed by atoms with van der Waals surface area (Å²) < 4.78 is 1.94. The molecule has 1 aromatic heterocycles. The lowest BCUT2D eigenvalue weighted by molar-refractivity contribution is 0.0780. The number of hydrogen-bond acceptors (Lipinski definition) is 2. The van der Waals surface area contributed by atoms with Crippen LogP contribution in [0, 0.1) is 0 Å². The molecule has 1 aliphatic rings. The van der Waals surface area contributed by atoms with Crippen molar-refractivity contribution in [2.45, 2.75) is 59.9 Å². The van der Waals surface area contributed by atoms with Crippen LogP contribution in [0.4, 0.5) is 0 Å². The summed E-state index contributed by atoms with van der Waals surface area (Å²) in [4.78, 5) is 15.1. The summed E-state index contributed by atoms with van der Waals surface area (Å²) in [6.45, 7) is 14.9. The molecule has 2 heterocycles. The number of amides is 1. The first-order chi connectivity index (χ1) is 11.5. The van der Waals surface area contributed by atoms with Crippen molar-refractivity contribution in [2.75, 3.05) is 6.54 Å². The minimum Gasteiger partial charge on any atom is -0.306 e. The van der Waals surface area contributed by atoms with Crippen molar-refractivity contribution in [3.63, 3.8) is 0 Å². The minimum absolute atomic E-state index is 0.0440. The minimum atomic E-state index is 0.0440. The Hall–Kier alpha value is -2.10. The Kier molecular flexibility index (Phi) is 5.81. The molecule has 2 rings (SSSR count). The van der Waals surface area contributed by atoms with Crippen LogP contribution >= 0.6 is 0 Å². The van der Waals surface area contributed by atoms with E-state index in [9.17, 15) is 4.79 Å². The maximum absolute atomic E-state index is 13.3. The molecule has 1 aliphatic heterocycles. The van der Waals surface area contributed by atoms with Gasteiger partial charge in [-0.2, -0.15) is 5.10 Å². The normalized spacial score (nSPS) is 17.0. The molecule has 0 aliphatic carbocycles. The van der Waals surface area contributed by atoms with E-state index in [1.54, 1.807) is 6.08 Å². The third-order valence-corrected chi connectivity index (χ3v) is 4.77. The number of carbonyl (C=O) groups excluding carboxylic acids is 1. The van der Waals surface area contributed by atoms with Gasteiger partial charge in [-0.1, -0.05) is 32.6 Å². The van der Waals surface area contributed by atoms with Gasteiger partial charge in [-0.15, -0.1) is 0 Å². The third kappa shape index (κ3) is 3.10. The molecule has 0 bridgehead atoms. The molecule has 4 heteroatoms. The van der Waals surface area contributed by atoms with E-state index in [1.807, 2.05) is 35.6 Å². The van der Waals surface area contributed by atoms with E-state index in [4.69, 9.17) is 5.10 Å². The molecule has 130 valence electrons. The topological polar surface area (TPSA) is 38.1 Å². The third-order valence-electron chi connectivity index (χ3n) is 4.77. The predicted molar refractivity (Wildman–Crippen MR) is 99.1 cm³/mol. The van der Waals surface area contributed by atoms with Crippen LogP contribution in [-0.2, 0) is 12.8 Å². The van der Waals surface area contributed by atoms with Gasteiger partial charge in [0.25, 0.3) is 5.91 Å². The van der Waals surface area contributed by atoms with Crippen LogP contribution in [-0.4, -0.2) is 27.1 Å². The maximum atomic E-state index is 13.3. The lowest BCUT2D eigenvalue weighted by atomic mass is 10.0. The van der Waals surface area contributed by atoms with Crippen LogP contribution in [0.2, 0.25) is 0 Å². The van der Waals surface area contributed by atoms with Gasteiger partial charge in [0.1, 0.15) is 5.69 Å². The molecule has 4 nitrogen and oxygen atoms in total. The molecule has 1 amide bonds. The van der Waals surface area contributed by atoms with Gasteiger partial charge in [-0.3, -0.25) is 9.48 Å². The summed E-state index contributed by atoms with van der Waals surface area (Å²) in [6, 6.07) is 0.218. The van der Waals surface area contributed by atoms with Gasteiger partial charge in [0, 0.05) is 23.8 Å². The highest BCUT2D eigenvalue weighted by Gasteiger charge is 2.33. The second kappa shape index (κ2) is 7.65. The van der Waals surface area contributed by atoms with Gasteiger partial charge in [0.05, 0.1) is 5.69 Å². The fraction of sp³-hybridized carbons (Fsp3) is 0.500. The van der Waals surface area contributed by atoms with Crippen LogP contribution in [0.15, 0.2) is 36.1 Å². The first kappa shape index (κ1) is 18.2. The van der Waals surface area contributed by atoms with Crippen molar-refractivity contribution < 1.29 is 4.79 Å².